The van der Waals surface area contributed by atoms with Crippen molar-refractivity contribution < 1.29 is 17.2 Å². The molecule has 0 amide bonds. The monoisotopic (exact) mass is 426 g/mol. The lowest BCUT2D eigenvalue weighted by Gasteiger charge is -2.06. The van der Waals surface area contributed by atoms with Crippen molar-refractivity contribution in [2.45, 2.75) is 22.9 Å². The highest BCUT2D eigenvalue weighted by molar-refractivity contribution is 7.91. The van der Waals surface area contributed by atoms with Crippen LogP contribution in [0.15, 0.2) is 87.7 Å². The van der Waals surface area contributed by atoms with E-state index < -0.39 is 15.7 Å². The van der Waals surface area contributed by atoms with Gasteiger partial charge in [0.1, 0.15) is 5.82 Å². The van der Waals surface area contributed by atoms with E-state index in [2.05, 4.69) is 15.3 Å². The van der Waals surface area contributed by atoms with Crippen molar-refractivity contribution >= 4 is 15.7 Å². The van der Waals surface area contributed by atoms with E-state index >= 15 is 0 Å². The second-order valence-corrected chi connectivity index (χ2v) is 8.40. The molecule has 0 fully saturated rings. The first-order chi connectivity index (χ1) is 14.6. The van der Waals surface area contributed by atoms with E-state index in [1.807, 2.05) is 10.8 Å². The van der Waals surface area contributed by atoms with Gasteiger partial charge in [0.25, 0.3) is 0 Å². The highest BCUT2D eigenvalue weighted by Crippen LogP contribution is 2.33. The molecule has 0 radical (unpaired) electrons. The quantitative estimate of drug-likeness (QED) is 0.428. The van der Waals surface area contributed by atoms with Crippen LogP contribution in [0.4, 0.5) is 10.3 Å². The van der Waals surface area contributed by atoms with Gasteiger partial charge in [-0.2, -0.15) is 4.98 Å². The molecule has 0 aliphatic heterocycles. The van der Waals surface area contributed by atoms with Gasteiger partial charge in [-0.3, -0.25) is 0 Å². The zero-order chi connectivity index (χ0) is 21.0. The molecule has 0 saturated heterocycles. The number of benzene rings is 2. The molecular weight excluding hydrogens is 407 g/mol. The van der Waals surface area contributed by atoms with Crippen LogP contribution in [0, 0.1) is 5.82 Å². The molecule has 0 saturated carbocycles. The van der Waals surface area contributed by atoms with Crippen LogP contribution < -0.4 is 5.32 Å². The molecule has 9 heteroatoms. The Morgan fingerprint density at radius 1 is 1.07 bits per heavy atom. The van der Waals surface area contributed by atoms with E-state index in [1.165, 1.54) is 24.3 Å². The SMILES string of the molecule is O=S(=O)(c1ccccc1)c1nc(-c2ccccc2F)oc1NCCCn1ccnc1. The molecule has 4 rings (SSSR count). The van der Waals surface area contributed by atoms with Gasteiger partial charge in [0.2, 0.25) is 26.6 Å². The molecule has 4 aromatic rings. The molecule has 0 unspecified atom stereocenters. The maximum Gasteiger partial charge on any atom is 0.233 e. The van der Waals surface area contributed by atoms with Crippen molar-refractivity contribution in [2.75, 3.05) is 11.9 Å². The zero-order valence-electron chi connectivity index (χ0n) is 15.9. The van der Waals surface area contributed by atoms with Crippen molar-refractivity contribution in [3.63, 3.8) is 0 Å². The average Bonchev–Trinajstić information content (AvgIpc) is 3.42. The summed E-state index contributed by atoms with van der Waals surface area (Å²) in [6.45, 7) is 1.13. The summed E-state index contributed by atoms with van der Waals surface area (Å²) in [5, 5.41) is 2.73. The van der Waals surface area contributed by atoms with Crippen LogP contribution in [-0.4, -0.2) is 29.5 Å². The molecule has 154 valence electrons. The summed E-state index contributed by atoms with van der Waals surface area (Å²) in [6.07, 6.45) is 5.93. The highest BCUT2D eigenvalue weighted by atomic mass is 32.2. The lowest BCUT2D eigenvalue weighted by Crippen LogP contribution is -2.09. The van der Waals surface area contributed by atoms with Gasteiger partial charge >= 0.3 is 0 Å². The minimum atomic E-state index is -3.96. The van der Waals surface area contributed by atoms with Gasteiger partial charge in [0.15, 0.2) is 0 Å². The van der Waals surface area contributed by atoms with Crippen molar-refractivity contribution in [1.82, 2.24) is 14.5 Å². The summed E-state index contributed by atoms with van der Waals surface area (Å²) < 4.78 is 48.1. The lowest BCUT2D eigenvalue weighted by molar-refractivity contribution is 0.563. The number of oxazole rings is 1. The minimum Gasteiger partial charge on any atom is -0.419 e. The Morgan fingerprint density at radius 3 is 2.57 bits per heavy atom. The van der Waals surface area contributed by atoms with Gasteiger partial charge in [-0.15, -0.1) is 0 Å². The summed E-state index contributed by atoms with van der Waals surface area (Å²) in [6, 6.07) is 13.9. The fourth-order valence-corrected chi connectivity index (χ4v) is 4.24. The molecule has 0 aliphatic rings. The number of halogens is 1. The third kappa shape index (κ3) is 4.11. The van der Waals surface area contributed by atoms with Crippen LogP contribution in [0.1, 0.15) is 6.42 Å². The van der Waals surface area contributed by atoms with Crippen LogP contribution in [-0.2, 0) is 16.4 Å². The fourth-order valence-electron chi connectivity index (χ4n) is 2.94. The van der Waals surface area contributed by atoms with Crippen molar-refractivity contribution in [3.05, 3.63) is 79.1 Å². The maximum atomic E-state index is 14.2. The number of hydrogen-bond acceptors (Lipinski definition) is 6. The Labute approximate surface area is 173 Å². The van der Waals surface area contributed by atoms with Gasteiger partial charge in [0, 0.05) is 25.5 Å². The van der Waals surface area contributed by atoms with Gasteiger partial charge in [-0.1, -0.05) is 30.3 Å². The Morgan fingerprint density at radius 2 is 1.83 bits per heavy atom. The Kier molecular flexibility index (Phi) is 5.62. The molecule has 0 atom stereocenters. The largest absolute Gasteiger partial charge is 0.419 e. The third-order valence-corrected chi connectivity index (χ3v) is 6.12. The highest BCUT2D eigenvalue weighted by Gasteiger charge is 2.29. The van der Waals surface area contributed by atoms with Crippen LogP contribution in [0.5, 0.6) is 0 Å². The molecule has 2 aromatic carbocycles. The number of imidazole rings is 1. The fraction of sp³-hybridized carbons (Fsp3) is 0.143. The number of aromatic nitrogens is 3. The van der Waals surface area contributed by atoms with Crippen molar-refractivity contribution in [3.8, 4) is 11.5 Å². The van der Waals surface area contributed by atoms with Crippen LogP contribution in [0.25, 0.3) is 11.5 Å². The Hall–Kier alpha value is -3.46. The smallest absolute Gasteiger partial charge is 0.233 e. The standard InChI is InChI=1S/C21H19FN4O3S/c22-18-10-5-4-9-17(18)19-25-21(30(27,28)16-7-2-1-3-8-16)20(29-19)24-11-6-13-26-14-12-23-15-26/h1-5,7-10,12,14-15,24H,6,11,13H2. The molecule has 0 aliphatic carbocycles. The molecule has 0 bridgehead atoms. The van der Waals surface area contributed by atoms with Crippen LogP contribution >= 0.6 is 0 Å². The van der Waals surface area contributed by atoms with Gasteiger partial charge in [-0.05, 0) is 30.7 Å². The summed E-state index contributed by atoms with van der Waals surface area (Å²) in [5.74, 6) is -0.656. The number of nitrogens with zero attached hydrogens (tertiary/aromatic N) is 3. The van der Waals surface area contributed by atoms with E-state index in [4.69, 9.17) is 4.42 Å². The molecule has 0 spiro atoms. The lowest BCUT2D eigenvalue weighted by atomic mass is 10.2. The van der Waals surface area contributed by atoms with E-state index in [0.717, 1.165) is 0 Å². The van der Waals surface area contributed by atoms with E-state index in [-0.39, 0.29) is 27.3 Å². The Balaban J connectivity index is 1.65. The number of rotatable bonds is 8. The first-order valence-electron chi connectivity index (χ1n) is 9.31. The topological polar surface area (TPSA) is 90.0 Å². The van der Waals surface area contributed by atoms with Crippen molar-refractivity contribution in [1.29, 1.82) is 0 Å². The molecular formula is C21H19FN4O3S. The van der Waals surface area contributed by atoms with Gasteiger partial charge < -0.3 is 14.3 Å². The normalized spacial score (nSPS) is 11.5. The summed E-state index contributed by atoms with van der Waals surface area (Å²) >= 11 is 0. The van der Waals surface area contributed by atoms with E-state index in [1.54, 1.807) is 42.9 Å². The number of aryl methyl sites for hydroxylation is 1. The zero-order valence-corrected chi connectivity index (χ0v) is 16.7. The predicted molar refractivity (Wildman–Crippen MR) is 109 cm³/mol. The number of nitrogens with one attached hydrogen (secondary N) is 1. The molecule has 1 N–H and O–H groups in total. The molecule has 30 heavy (non-hydrogen) atoms. The average molecular weight is 426 g/mol. The molecule has 2 aromatic heterocycles. The number of anilines is 1. The van der Waals surface area contributed by atoms with Gasteiger partial charge in [-0.25, -0.2) is 17.8 Å². The molecule has 2 heterocycles. The second-order valence-electron chi connectivity index (χ2n) is 6.53. The summed E-state index contributed by atoms with van der Waals surface area (Å²) in [4.78, 5) is 8.21. The van der Waals surface area contributed by atoms with Crippen molar-refractivity contribution in [2.24, 2.45) is 0 Å². The molecule has 7 nitrogen and oxygen atoms in total. The van der Waals surface area contributed by atoms with E-state index in [9.17, 15) is 12.8 Å². The first-order valence-corrected chi connectivity index (χ1v) is 10.8. The first kappa shape index (κ1) is 19.8. The number of sulfone groups is 1. The minimum absolute atomic E-state index is 0.0114. The maximum absolute atomic E-state index is 14.2. The van der Waals surface area contributed by atoms with Crippen LogP contribution in [0.2, 0.25) is 0 Å². The third-order valence-electron chi connectivity index (χ3n) is 4.45. The predicted octanol–water partition coefficient (Wildman–Crippen LogP) is 4.01. The van der Waals surface area contributed by atoms with E-state index in [0.29, 0.717) is 19.5 Å². The summed E-state index contributed by atoms with van der Waals surface area (Å²) in [7, 11) is -3.96. The second kappa shape index (κ2) is 8.50. The van der Waals surface area contributed by atoms with Gasteiger partial charge in [0.05, 0.1) is 16.8 Å². The summed E-state index contributed by atoms with van der Waals surface area (Å²) in [5.41, 5.74) is 0.0912. The number of hydrogen-bond donors (Lipinski definition) is 1. The van der Waals surface area contributed by atoms with Crippen LogP contribution in [0.3, 0.4) is 0 Å². The Bertz CT molecular complexity index is 1220.